The maximum absolute atomic E-state index is 12.7. The second-order valence-corrected chi connectivity index (χ2v) is 8.27. The molecule has 1 N–H and O–H groups in total. The number of rotatable bonds is 5. The first kappa shape index (κ1) is 17.9. The lowest BCUT2D eigenvalue weighted by molar-refractivity contribution is -0.136. The van der Waals surface area contributed by atoms with E-state index >= 15 is 0 Å². The Balaban J connectivity index is 1.38. The summed E-state index contributed by atoms with van der Waals surface area (Å²) in [4.78, 5) is 27.4. The smallest absolute Gasteiger partial charge is 0.253 e. The molecular formula is C20H27N5O2. The average molecular weight is 369 g/mol. The second-order valence-electron chi connectivity index (χ2n) is 8.27. The molecule has 2 aromatic rings. The predicted octanol–water partition coefficient (Wildman–Crippen LogP) is 2.42. The first-order chi connectivity index (χ1) is 13.0. The number of carbonyl (C=O) groups excluding carboxylic acids is 2. The Kier molecular flexibility index (Phi) is 4.85. The van der Waals surface area contributed by atoms with Crippen LogP contribution in [0.2, 0.25) is 0 Å². The fourth-order valence-electron chi connectivity index (χ4n) is 4.47. The summed E-state index contributed by atoms with van der Waals surface area (Å²) in [5, 5.41) is 11.0. The van der Waals surface area contributed by atoms with Crippen LogP contribution < -0.4 is 5.32 Å². The van der Waals surface area contributed by atoms with E-state index in [0.717, 1.165) is 37.8 Å². The number of fused-ring (bicyclic) bond motifs is 3. The Morgan fingerprint density at radius 3 is 2.67 bits per heavy atom. The van der Waals surface area contributed by atoms with Crippen molar-refractivity contribution in [1.29, 1.82) is 0 Å². The summed E-state index contributed by atoms with van der Waals surface area (Å²) in [5.41, 5.74) is 1.32. The molecule has 2 aliphatic rings. The second kappa shape index (κ2) is 7.29. The Morgan fingerprint density at radius 1 is 1.22 bits per heavy atom. The molecule has 4 rings (SSSR count). The largest absolute Gasteiger partial charge is 0.349 e. The molecule has 0 saturated carbocycles. The third-order valence-electron chi connectivity index (χ3n) is 5.84. The van der Waals surface area contributed by atoms with Crippen LogP contribution in [0.15, 0.2) is 24.7 Å². The molecule has 7 nitrogen and oxygen atoms in total. The van der Waals surface area contributed by atoms with Gasteiger partial charge in [-0.05, 0) is 50.2 Å². The van der Waals surface area contributed by atoms with Crippen LogP contribution in [0, 0.1) is 5.92 Å². The molecule has 2 fully saturated rings. The predicted molar refractivity (Wildman–Crippen MR) is 101 cm³/mol. The van der Waals surface area contributed by atoms with E-state index in [-0.39, 0.29) is 24.0 Å². The van der Waals surface area contributed by atoms with Crippen molar-refractivity contribution in [2.24, 2.45) is 5.92 Å². The molecular weight excluding hydrogens is 342 g/mol. The van der Waals surface area contributed by atoms with E-state index in [0.29, 0.717) is 23.8 Å². The van der Waals surface area contributed by atoms with Gasteiger partial charge in [0.15, 0.2) is 5.65 Å². The van der Waals surface area contributed by atoms with Crippen molar-refractivity contribution >= 4 is 17.5 Å². The minimum Gasteiger partial charge on any atom is -0.349 e. The molecule has 7 heteroatoms. The van der Waals surface area contributed by atoms with Crippen molar-refractivity contribution in [3.05, 3.63) is 30.2 Å². The van der Waals surface area contributed by atoms with Gasteiger partial charge in [0.1, 0.15) is 6.33 Å². The number of hydrogen-bond acceptors (Lipinski definition) is 4. The lowest BCUT2D eigenvalue weighted by atomic mass is 9.96. The van der Waals surface area contributed by atoms with Gasteiger partial charge >= 0.3 is 0 Å². The number of nitrogens with zero attached hydrogens (tertiary/aromatic N) is 4. The Morgan fingerprint density at radius 2 is 1.96 bits per heavy atom. The minimum atomic E-state index is -0.0745. The van der Waals surface area contributed by atoms with E-state index in [4.69, 9.17) is 0 Å². The van der Waals surface area contributed by atoms with Gasteiger partial charge in [-0.2, -0.15) is 0 Å². The summed E-state index contributed by atoms with van der Waals surface area (Å²) in [6, 6.07) is 4.24. The number of carbonyl (C=O) groups is 2. The van der Waals surface area contributed by atoms with Gasteiger partial charge in [0.25, 0.3) is 5.91 Å². The van der Waals surface area contributed by atoms with Crippen molar-refractivity contribution in [1.82, 2.24) is 24.8 Å². The molecule has 0 aromatic carbocycles. The van der Waals surface area contributed by atoms with Gasteiger partial charge in [0.05, 0.1) is 5.56 Å². The molecule has 2 aromatic heterocycles. The van der Waals surface area contributed by atoms with Crippen LogP contribution in [0.25, 0.3) is 5.65 Å². The van der Waals surface area contributed by atoms with Crippen molar-refractivity contribution in [3.63, 3.8) is 0 Å². The molecule has 27 heavy (non-hydrogen) atoms. The topological polar surface area (TPSA) is 79.6 Å². The third kappa shape index (κ3) is 3.68. The van der Waals surface area contributed by atoms with Crippen LogP contribution in [-0.2, 0) is 4.79 Å². The minimum absolute atomic E-state index is 0.0745. The highest BCUT2D eigenvalue weighted by molar-refractivity contribution is 5.94. The Bertz CT molecular complexity index is 832. The fraction of sp³-hybridized carbons (Fsp3) is 0.600. The Labute approximate surface area is 159 Å². The maximum Gasteiger partial charge on any atom is 0.253 e. The molecule has 0 spiro atoms. The first-order valence-corrected chi connectivity index (χ1v) is 9.92. The molecule has 2 aliphatic heterocycles. The molecule has 0 aliphatic carbocycles. The number of pyridine rings is 1. The molecule has 2 amide bonds. The van der Waals surface area contributed by atoms with Gasteiger partial charge in [0, 0.05) is 30.7 Å². The quantitative estimate of drug-likeness (QED) is 0.878. The first-order valence-electron chi connectivity index (χ1n) is 9.92. The van der Waals surface area contributed by atoms with E-state index < -0.39 is 0 Å². The standard InChI is InChI=1S/C20H27N5O2/c1-13(2)3-8-19(26)25-16-5-6-17(25)10-15(9-16)22-20(27)14-4-7-18-23-21-12-24(18)11-14/h4,7,11-13,15-17H,3,5-6,8-10H2,1-2H3,(H,22,27). The maximum atomic E-state index is 12.7. The van der Waals surface area contributed by atoms with Gasteiger partial charge in [0.2, 0.25) is 5.91 Å². The number of aromatic nitrogens is 3. The van der Waals surface area contributed by atoms with Crippen molar-refractivity contribution in [2.45, 2.75) is 70.5 Å². The van der Waals surface area contributed by atoms with Crippen LogP contribution in [0.3, 0.4) is 0 Å². The molecule has 2 unspecified atom stereocenters. The van der Waals surface area contributed by atoms with E-state index in [2.05, 4.69) is 34.3 Å². The number of hydrogen-bond donors (Lipinski definition) is 1. The zero-order valence-corrected chi connectivity index (χ0v) is 16.0. The summed E-state index contributed by atoms with van der Waals surface area (Å²) in [6.07, 6.45) is 8.74. The molecule has 2 atom stereocenters. The van der Waals surface area contributed by atoms with Gasteiger partial charge in [-0.3, -0.25) is 14.0 Å². The molecule has 2 bridgehead atoms. The van der Waals surface area contributed by atoms with Gasteiger partial charge < -0.3 is 10.2 Å². The van der Waals surface area contributed by atoms with Crippen LogP contribution in [-0.4, -0.2) is 49.4 Å². The SMILES string of the molecule is CC(C)CCC(=O)N1C2CCC1CC(NC(=O)c1ccc3nncn3c1)C2. The highest BCUT2D eigenvalue weighted by Gasteiger charge is 2.43. The van der Waals surface area contributed by atoms with E-state index in [1.807, 2.05) is 0 Å². The van der Waals surface area contributed by atoms with Crippen molar-refractivity contribution in [3.8, 4) is 0 Å². The highest BCUT2D eigenvalue weighted by atomic mass is 16.2. The van der Waals surface area contributed by atoms with Gasteiger partial charge in [-0.15, -0.1) is 10.2 Å². The average Bonchev–Trinajstić information content (AvgIpc) is 3.21. The summed E-state index contributed by atoms with van der Waals surface area (Å²) in [5.74, 6) is 0.764. The van der Waals surface area contributed by atoms with Crippen LogP contribution in [0.5, 0.6) is 0 Å². The molecule has 4 heterocycles. The highest BCUT2D eigenvalue weighted by Crippen LogP contribution is 2.36. The van der Waals surface area contributed by atoms with Crippen LogP contribution in [0.1, 0.15) is 62.7 Å². The summed E-state index contributed by atoms with van der Waals surface area (Å²) < 4.78 is 1.74. The fourth-order valence-corrected chi connectivity index (χ4v) is 4.47. The molecule has 0 radical (unpaired) electrons. The molecule has 144 valence electrons. The lowest BCUT2D eigenvalue weighted by Gasteiger charge is -2.39. The zero-order valence-electron chi connectivity index (χ0n) is 16.0. The van der Waals surface area contributed by atoms with Gasteiger partial charge in [-0.1, -0.05) is 13.8 Å². The van der Waals surface area contributed by atoms with Crippen LogP contribution in [0.4, 0.5) is 0 Å². The third-order valence-corrected chi connectivity index (χ3v) is 5.84. The van der Waals surface area contributed by atoms with Gasteiger partial charge in [-0.25, -0.2) is 0 Å². The number of amides is 2. The summed E-state index contributed by atoms with van der Waals surface area (Å²) >= 11 is 0. The normalized spacial score (nSPS) is 24.6. The zero-order chi connectivity index (χ0) is 19.0. The Hall–Kier alpha value is -2.44. The van der Waals surface area contributed by atoms with E-state index in [1.165, 1.54) is 0 Å². The molecule has 2 saturated heterocycles. The summed E-state index contributed by atoms with van der Waals surface area (Å²) in [6.45, 7) is 4.31. The van der Waals surface area contributed by atoms with Crippen molar-refractivity contribution < 1.29 is 9.59 Å². The number of nitrogens with one attached hydrogen (secondary N) is 1. The number of piperidine rings is 1. The van der Waals surface area contributed by atoms with Crippen molar-refractivity contribution in [2.75, 3.05) is 0 Å². The van der Waals surface area contributed by atoms with E-state index in [9.17, 15) is 9.59 Å². The van der Waals surface area contributed by atoms with E-state index in [1.54, 1.807) is 29.1 Å². The van der Waals surface area contributed by atoms with Crippen LogP contribution >= 0.6 is 0 Å². The lowest BCUT2D eigenvalue weighted by Crippen LogP contribution is -2.52. The summed E-state index contributed by atoms with van der Waals surface area (Å²) in [7, 11) is 0. The monoisotopic (exact) mass is 369 g/mol.